The van der Waals surface area contributed by atoms with Crippen molar-refractivity contribution < 1.29 is 24.2 Å². The molecule has 1 aliphatic heterocycles. The van der Waals surface area contributed by atoms with Gasteiger partial charge in [0, 0.05) is 10.5 Å². The number of benzene rings is 2. The van der Waals surface area contributed by atoms with Crippen molar-refractivity contribution >= 4 is 23.6 Å². The Morgan fingerprint density at radius 2 is 1.84 bits per heavy atom. The minimum absolute atomic E-state index is 0.0202. The quantitative estimate of drug-likeness (QED) is 0.567. The zero-order valence-corrected chi connectivity index (χ0v) is 14.0. The molecular weight excluding hydrogens is 344 g/mol. The van der Waals surface area contributed by atoms with Crippen LogP contribution in [0.3, 0.4) is 0 Å². The van der Waals surface area contributed by atoms with Gasteiger partial charge in [0.05, 0.1) is 5.75 Å². The predicted molar refractivity (Wildman–Crippen MR) is 91.9 cm³/mol. The van der Waals surface area contributed by atoms with Crippen molar-refractivity contribution in [2.24, 2.45) is 0 Å². The van der Waals surface area contributed by atoms with E-state index in [0.717, 1.165) is 4.90 Å². The molecule has 0 spiro atoms. The molecule has 0 radical (unpaired) electrons. The first kappa shape index (κ1) is 17.0. The van der Waals surface area contributed by atoms with Crippen molar-refractivity contribution in [3.63, 3.8) is 0 Å². The Morgan fingerprint density at radius 3 is 2.64 bits per heavy atom. The number of phenols is 1. The summed E-state index contributed by atoms with van der Waals surface area (Å²) in [6.45, 7) is 1.03. The smallest absolute Gasteiger partial charge is 0.269 e. The molecular formula is C17H16N2O5S. The molecule has 0 aromatic heterocycles. The van der Waals surface area contributed by atoms with Gasteiger partial charge in [-0.2, -0.15) is 0 Å². The van der Waals surface area contributed by atoms with Crippen LogP contribution in [-0.2, 0) is 4.79 Å². The van der Waals surface area contributed by atoms with Gasteiger partial charge < -0.3 is 14.6 Å². The maximum absolute atomic E-state index is 11.9. The van der Waals surface area contributed by atoms with Crippen molar-refractivity contribution in [1.29, 1.82) is 0 Å². The van der Waals surface area contributed by atoms with Crippen molar-refractivity contribution in [3.05, 3.63) is 48.0 Å². The molecule has 8 heteroatoms. The fraction of sp³-hybridized carbons (Fsp3) is 0.176. The number of amides is 2. The zero-order valence-electron chi connectivity index (χ0n) is 13.2. The molecule has 7 nitrogen and oxygen atoms in total. The maximum Gasteiger partial charge on any atom is 0.269 e. The lowest BCUT2D eigenvalue weighted by molar-refractivity contribution is -0.119. The molecule has 2 amide bonds. The van der Waals surface area contributed by atoms with E-state index in [1.807, 2.05) is 12.1 Å². The second-order valence-corrected chi connectivity index (χ2v) is 6.20. The molecule has 0 unspecified atom stereocenters. The van der Waals surface area contributed by atoms with E-state index >= 15 is 0 Å². The van der Waals surface area contributed by atoms with E-state index in [0.29, 0.717) is 24.7 Å². The summed E-state index contributed by atoms with van der Waals surface area (Å²) in [7, 11) is 0. The maximum atomic E-state index is 11.9. The molecule has 0 bridgehead atoms. The van der Waals surface area contributed by atoms with Gasteiger partial charge in [-0.25, -0.2) is 0 Å². The standard InChI is InChI=1S/C17H16N2O5S/c20-12-3-1-2-11(8-12)17(22)19-18-16(21)10-25-13-4-5-14-15(9-13)24-7-6-23-14/h1-5,8-9,20H,6-7,10H2,(H,18,21)(H,19,22). The highest BCUT2D eigenvalue weighted by Gasteiger charge is 2.13. The Bertz CT molecular complexity index is 796. The van der Waals surface area contributed by atoms with E-state index < -0.39 is 5.91 Å². The lowest BCUT2D eigenvalue weighted by atomic mass is 10.2. The van der Waals surface area contributed by atoms with Crippen LogP contribution in [0.1, 0.15) is 10.4 Å². The van der Waals surface area contributed by atoms with E-state index in [-0.39, 0.29) is 23.0 Å². The van der Waals surface area contributed by atoms with Crippen LogP contribution in [0.2, 0.25) is 0 Å². The van der Waals surface area contributed by atoms with Gasteiger partial charge in [0.25, 0.3) is 5.91 Å². The van der Waals surface area contributed by atoms with Crippen molar-refractivity contribution in [1.82, 2.24) is 10.9 Å². The largest absolute Gasteiger partial charge is 0.508 e. The number of carbonyl (C=O) groups is 2. The third-order valence-corrected chi connectivity index (χ3v) is 4.30. The summed E-state index contributed by atoms with van der Waals surface area (Å²) < 4.78 is 10.9. The van der Waals surface area contributed by atoms with Crippen LogP contribution >= 0.6 is 11.8 Å². The van der Waals surface area contributed by atoms with Gasteiger partial charge in [0.1, 0.15) is 19.0 Å². The second kappa shape index (κ2) is 7.80. The molecule has 3 N–H and O–H groups in total. The number of ether oxygens (including phenoxy) is 2. The van der Waals surface area contributed by atoms with Gasteiger partial charge in [-0.1, -0.05) is 6.07 Å². The average molecular weight is 360 g/mol. The molecule has 3 rings (SSSR count). The number of fused-ring (bicyclic) bond motifs is 1. The van der Waals surface area contributed by atoms with Gasteiger partial charge in [0.2, 0.25) is 5.91 Å². The van der Waals surface area contributed by atoms with Crippen molar-refractivity contribution in [2.75, 3.05) is 19.0 Å². The molecule has 1 aliphatic rings. The predicted octanol–water partition coefficient (Wildman–Crippen LogP) is 1.72. The normalized spacial score (nSPS) is 12.3. The summed E-state index contributed by atoms with van der Waals surface area (Å²) in [5, 5.41) is 9.34. The van der Waals surface area contributed by atoms with Crippen LogP contribution in [0, 0.1) is 0 Å². The number of thioether (sulfide) groups is 1. The number of hydrogen-bond acceptors (Lipinski definition) is 6. The fourth-order valence-electron chi connectivity index (χ4n) is 2.14. The Balaban J connectivity index is 1.47. The minimum Gasteiger partial charge on any atom is -0.508 e. The Morgan fingerprint density at radius 1 is 1.04 bits per heavy atom. The number of phenolic OH excluding ortho intramolecular Hbond substituents is 1. The zero-order chi connectivity index (χ0) is 17.6. The van der Waals surface area contributed by atoms with E-state index in [9.17, 15) is 14.7 Å². The fourth-order valence-corrected chi connectivity index (χ4v) is 2.87. The van der Waals surface area contributed by atoms with Crippen LogP contribution in [0.25, 0.3) is 0 Å². The lowest BCUT2D eigenvalue weighted by Crippen LogP contribution is -2.42. The summed E-state index contributed by atoms with van der Waals surface area (Å²) in [6.07, 6.45) is 0. The van der Waals surface area contributed by atoms with Crippen molar-refractivity contribution in [3.8, 4) is 17.2 Å². The molecule has 2 aromatic rings. The molecule has 0 atom stereocenters. The molecule has 25 heavy (non-hydrogen) atoms. The van der Waals surface area contributed by atoms with E-state index in [2.05, 4.69) is 10.9 Å². The number of hydrogen-bond donors (Lipinski definition) is 3. The molecule has 130 valence electrons. The minimum atomic E-state index is -0.506. The van der Waals surface area contributed by atoms with Gasteiger partial charge in [-0.15, -0.1) is 11.8 Å². The van der Waals surface area contributed by atoms with Crippen LogP contribution in [-0.4, -0.2) is 35.9 Å². The molecule has 2 aromatic carbocycles. The summed E-state index contributed by atoms with van der Waals surface area (Å²) >= 11 is 1.31. The highest BCUT2D eigenvalue weighted by atomic mass is 32.2. The van der Waals surface area contributed by atoms with Gasteiger partial charge in [-0.3, -0.25) is 20.4 Å². The molecule has 0 fully saturated rings. The monoisotopic (exact) mass is 360 g/mol. The first-order valence-corrected chi connectivity index (χ1v) is 8.51. The number of carbonyl (C=O) groups excluding carboxylic acids is 2. The number of nitrogens with one attached hydrogen (secondary N) is 2. The highest BCUT2D eigenvalue weighted by Crippen LogP contribution is 2.34. The van der Waals surface area contributed by atoms with Crippen molar-refractivity contribution in [2.45, 2.75) is 4.90 Å². The third-order valence-electron chi connectivity index (χ3n) is 3.31. The first-order valence-electron chi connectivity index (χ1n) is 7.52. The molecule has 1 heterocycles. The molecule has 0 aliphatic carbocycles. The number of aromatic hydroxyl groups is 1. The van der Waals surface area contributed by atoms with E-state index in [1.54, 1.807) is 12.1 Å². The summed E-state index contributed by atoms with van der Waals surface area (Å²) in [5.74, 6) is 0.599. The van der Waals surface area contributed by atoms with E-state index in [1.165, 1.54) is 30.0 Å². The average Bonchev–Trinajstić information content (AvgIpc) is 2.64. The van der Waals surface area contributed by atoms with Gasteiger partial charge in [-0.05, 0) is 36.4 Å². The van der Waals surface area contributed by atoms with Crippen LogP contribution in [0.15, 0.2) is 47.4 Å². The number of hydrazine groups is 1. The van der Waals surface area contributed by atoms with Gasteiger partial charge >= 0.3 is 0 Å². The SMILES string of the molecule is O=C(CSc1ccc2c(c1)OCCO2)NNC(=O)c1cccc(O)c1. The Labute approximate surface area is 148 Å². The number of rotatable bonds is 4. The second-order valence-electron chi connectivity index (χ2n) is 5.15. The lowest BCUT2D eigenvalue weighted by Gasteiger charge is -2.18. The summed E-state index contributed by atoms with van der Waals surface area (Å²) in [6, 6.07) is 11.3. The first-order chi connectivity index (χ1) is 12.1. The Kier molecular flexibility index (Phi) is 5.30. The topological polar surface area (TPSA) is 96.9 Å². The van der Waals surface area contributed by atoms with E-state index in [4.69, 9.17) is 9.47 Å². The van der Waals surface area contributed by atoms with Gasteiger partial charge in [0.15, 0.2) is 11.5 Å². The highest BCUT2D eigenvalue weighted by molar-refractivity contribution is 8.00. The Hall–Kier alpha value is -2.87. The van der Waals surface area contributed by atoms with Crippen LogP contribution in [0.4, 0.5) is 0 Å². The summed E-state index contributed by atoms with van der Waals surface area (Å²) in [4.78, 5) is 24.6. The summed E-state index contributed by atoms with van der Waals surface area (Å²) in [5.41, 5.74) is 4.89. The molecule has 0 saturated carbocycles. The van der Waals surface area contributed by atoms with Crippen LogP contribution < -0.4 is 20.3 Å². The molecule has 0 saturated heterocycles. The van der Waals surface area contributed by atoms with Crippen LogP contribution in [0.5, 0.6) is 17.2 Å². The third kappa shape index (κ3) is 4.57.